The van der Waals surface area contributed by atoms with Crippen molar-refractivity contribution < 1.29 is 14.3 Å². The highest BCUT2D eigenvalue weighted by atomic mass is 16.5. The van der Waals surface area contributed by atoms with Crippen LogP contribution in [0.4, 0.5) is 0 Å². The largest absolute Gasteiger partial charge is 0.497 e. The van der Waals surface area contributed by atoms with Crippen molar-refractivity contribution in [2.24, 2.45) is 0 Å². The van der Waals surface area contributed by atoms with Gasteiger partial charge in [-0.1, -0.05) is 0 Å². The maximum atomic E-state index is 12.5. The van der Waals surface area contributed by atoms with Crippen LogP contribution < -0.4 is 4.74 Å². The molecule has 1 amide bonds. The predicted molar refractivity (Wildman–Crippen MR) is 103 cm³/mol. The summed E-state index contributed by atoms with van der Waals surface area (Å²) in [7, 11) is 3.22. The summed E-state index contributed by atoms with van der Waals surface area (Å²) in [6.45, 7) is 0.126. The van der Waals surface area contributed by atoms with Crippen molar-refractivity contribution in [3.8, 4) is 17.0 Å². The predicted octanol–water partition coefficient (Wildman–Crippen LogP) is 2.64. The van der Waals surface area contributed by atoms with Gasteiger partial charge in [0, 0.05) is 43.0 Å². The number of amides is 1. The van der Waals surface area contributed by atoms with E-state index in [1.54, 1.807) is 14.2 Å². The molecule has 0 spiro atoms. The number of hydrogen-bond donors (Lipinski definition) is 0. The molecule has 2 aliphatic heterocycles. The van der Waals surface area contributed by atoms with Crippen LogP contribution in [-0.4, -0.2) is 52.3 Å². The maximum absolute atomic E-state index is 12.5. The van der Waals surface area contributed by atoms with Gasteiger partial charge in [0.05, 0.1) is 24.5 Å². The molecular formula is C21H22N4O3. The normalized spacial score (nSPS) is 20.4. The van der Waals surface area contributed by atoms with Crippen LogP contribution in [-0.2, 0) is 16.0 Å². The van der Waals surface area contributed by atoms with Crippen LogP contribution in [0.15, 0.2) is 36.5 Å². The first-order valence-electron chi connectivity index (χ1n) is 9.51. The molecule has 1 saturated heterocycles. The minimum atomic E-state index is 0.0557. The minimum Gasteiger partial charge on any atom is -0.497 e. The monoisotopic (exact) mass is 378 g/mol. The summed E-state index contributed by atoms with van der Waals surface area (Å²) in [5.41, 5.74) is 5.01. The molecule has 2 aliphatic rings. The Morgan fingerprint density at radius 3 is 2.79 bits per heavy atom. The van der Waals surface area contributed by atoms with Gasteiger partial charge in [-0.3, -0.25) is 4.79 Å². The molecule has 3 aromatic rings. The average molecular weight is 378 g/mol. The molecule has 2 aromatic heterocycles. The molecule has 0 aliphatic carbocycles. The highest BCUT2D eigenvalue weighted by Crippen LogP contribution is 2.43. The number of benzene rings is 1. The smallest absolute Gasteiger partial charge is 0.249 e. The van der Waals surface area contributed by atoms with Gasteiger partial charge in [0.15, 0.2) is 5.65 Å². The molecule has 1 aromatic carbocycles. The summed E-state index contributed by atoms with van der Waals surface area (Å²) >= 11 is 0. The van der Waals surface area contributed by atoms with Gasteiger partial charge in [-0.2, -0.15) is 5.10 Å². The van der Waals surface area contributed by atoms with Crippen LogP contribution in [0, 0.1) is 0 Å². The molecule has 0 saturated carbocycles. The third kappa shape index (κ3) is 2.57. The van der Waals surface area contributed by atoms with Gasteiger partial charge in [-0.25, -0.2) is 9.50 Å². The van der Waals surface area contributed by atoms with E-state index in [2.05, 4.69) is 4.98 Å². The zero-order valence-corrected chi connectivity index (χ0v) is 16.0. The fraction of sp³-hybridized carbons (Fsp3) is 0.381. The van der Waals surface area contributed by atoms with Gasteiger partial charge < -0.3 is 14.4 Å². The van der Waals surface area contributed by atoms with Crippen molar-refractivity contribution in [1.82, 2.24) is 19.5 Å². The number of carbonyl (C=O) groups excluding carboxylic acids is 1. The molecule has 0 unspecified atom stereocenters. The van der Waals surface area contributed by atoms with Crippen molar-refractivity contribution in [2.45, 2.75) is 31.3 Å². The highest BCUT2D eigenvalue weighted by molar-refractivity contribution is 5.79. The van der Waals surface area contributed by atoms with Crippen molar-refractivity contribution in [2.75, 3.05) is 20.8 Å². The Kier molecular flexibility index (Phi) is 4.05. The zero-order chi connectivity index (χ0) is 19.3. The van der Waals surface area contributed by atoms with Crippen LogP contribution >= 0.6 is 0 Å². The summed E-state index contributed by atoms with van der Waals surface area (Å²) in [6.07, 6.45) is 4.68. The summed E-state index contributed by atoms with van der Waals surface area (Å²) in [5, 5.41) is 4.84. The molecule has 144 valence electrons. The average Bonchev–Trinajstić information content (AvgIpc) is 3.29. The second-order valence-corrected chi connectivity index (χ2v) is 7.37. The highest BCUT2D eigenvalue weighted by Gasteiger charge is 2.43. The maximum Gasteiger partial charge on any atom is 0.249 e. The number of carbonyl (C=O) groups is 1. The van der Waals surface area contributed by atoms with E-state index in [1.807, 2.05) is 45.9 Å². The van der Waals surface area contributed by atoms with Crippen LogP contribution in [0.25, 0.3) is 16.9 Å². The van der Waals surface area contributed by atoms with Gasteiger partial charge in [0.2, 0.25) is 5.91 Å². The lowest BCUT2D eigenvalue weighted by Gasteiger charge is -2.36. The molecule has 28 heavy (non-hydrogen) atoms. The molecule has 1 fully saturated rings. The number of methoxy groups -OCH3 is 2. The van der Waals surface area contributed by atoms with Crippen molar-refractivity contribution in [1.29, 1.82) is 0 Å². The van der Waals surface area contributed by atoms with E-state index < -0.39 is 0 Å². The number of ether oxygens (including phenoxy) is 2. The lowest BCUT2D eigenvalue weighted by Crippen LogP contribution is -2.44. The lowest BCUT2D eigenvalue weighted by molar-refractivity contribution is -0.138. The van der Waals surface area contributed by atoms with E-state index in [9.17, 15) is 4.79 Å². The number of hydrogen-bond acceptors (Lipinski definition) is 5. The summed E-state index contributed by atoms with van der Waals surface area (Å²) < 4.78 is 12.3. The first-order valence-corrected chi connectivity index (χ1v) is 9.51. The van der Waals surface area contributed by atoms with Gasteiger partial charge in [0.25, 0.3) is 0 Å². The molecule has 2 atom stereocenters. The minimum absolute atomic E-state index is 0.0557. The molecule has 0 N–H and O–H groups in total. The van der Waals surface area contributed by atoms with Crippen molar-refractivity contribution in [3.05, 3.63) is 47.8 Å². The number of aromatic nitrogens is 3. The molecular weight excluding hydrogens is 356 g/mol. The second-order valence-electron chi connectivity index (χ2n) is 7.37. The van der Waals surface area contributed by atoms with Gasteiger partial charge in [-0.05, 0) is 37.1 Å². The number of fused-ring (bicyclic) bond motifs is 6. The number of nitrogens with zero attached hydrogens (tertiary/aromatic N) is 4. The van der Waals surface area contributed by atoms with Gasteiger partial charge >= 0.3 is 0 Å². The van der Waals surface area contributed by atoms with Crippen molar-refractivity contribution in [3.63, 3.8) is 0 Å². The Labute approximate surface area is 162 Å². The van der Waals surface area contributed by atoms with Crippen LogP contribution in [0.5, 0.6) is 5.75 Å². The topological polar surface area (TPSA) is 69.0 Å². The fourth-order valence-corrected chi connectivity index (χ4v) is 4.57. The van der Waals surface area contributed by atoms with E-state index in [0.29, 0.717) is 0 Å². The van der Waals surface area contributed by atoms with Gasteiger partial charge in [-0.15, -0.1) is 0 Å². The van der Waals surface area contributed by atoms with Crippen LogP contribution in [0.1, 0.15) is 30.1 Å². The Bertz CT molecular complexity index is 1040. The quantitative estimate of drug-likeness (QED) is 0.698. The van der Waals surface area contributed by atoms with E-state index in [-0.39, 0.29) is 24.6 Å². The summed E-state index contributed by atoms with van der Waals surface area (Å²) in [6, 6.07) is 10.2. The van der Waals surface area contributed by atoms with Crippen LogP contribution in [0.3, 0.4) is 0 Å². The second kappa shape index (κ2) is 6.60. The molecule has 2 bridgehead atoms. The first-order chi connectivity index (χ1) is 13.7. The Hall–Kier alpha value is -2.93. The number of rotatable bonds is 4. The third-order valence-electron chi connectivity index (χ3n) is 5.85. The Morgan fingerprint density at radius 2 is 2.04 bits per heavy atom. The summed E-state index contributed by atoms with van der Waals surface area (Å²) in [5.74, 6) is 0.876. The van der Waals surface area contributed by atoms with Gasteiger partial charge in [0.1, 0.15) is 12.4 Å². The SMILES string of the molecule is COCC(=O)N1[C@H]2CC[C@@H]1c1cnc3cc(-c4ccc(OC)cc4)nn3c1C2. The summed E-state index contributed by atoms with van der Waals surface area (Å²) in [4.78, 5) is 19.2. The standard InChI is InChI=1S/C21H22N4O3/c1-27-12-21(26)24-14-5-8-18(24)16-11-22-20-10-17(23-25(20)19(16)9-14)13-3-6-15(28-2)7-4-13/h3-4,6-7,10-11,14,18H,5,8-9,12H2,1-2H3/t14-,18+/m0/s1. The third-order valence-corrected chi connectivity index (χ3v) is 5.85. The molecule has 0 radical (unpaired) electrons. The van der Waals surface area contributed by atoms with Crippen LogP contribution in [0.2, 0.25) is 0 Å². The Balaban J connectivity index is 1.55. The Morgan fingerprint density at radius 1 is 1.21 bits per heavy atom. The molecule has 7 heteroatoms. The molecule has 5 rings (SSSR count). The first kappa shape index (κ1) is 17.2. The van der Waals surface area contributed by atoms with E-state index in [0.717, 1.165) is 47.5 Å². The van der Waals surface area contributed by atoms with E-state index >= 15 is 0 Å². The van der Waals surface area contributed by atoms with E-state index in [1.165, 1.54) is 5.69 Å². The van der Waals surface area contributed by atoms with Crippen molar-refractivity contribution >= 4 is 11.6 Å². The fourth-order valence-electron chi connectivity index (χ4n) is 4.57. The zero-order valence-electron chi connectivity index (χ0n) is 16.0. The molecule has 4 heterocycles. The lowest BCUT2D eigenvalue weighted by atomic mass is 9.99. The van der Waals surface area contributed by atoms with E-state index in [4.69, 9.17) is 14.6 Å². The molecule has 7 nitrogen and oxygen atoms in total.